The Kier molecular flexibility index (Phi) is 2.91. The minimum Gasteiger partial charge on any atom is -0.482 e. The first kappa shape index (κ1) is 10.3. The molecule has 1 N–H and O–H groups in total. The molecule has 0 aliphatic rings. The number of ketones is 1. The second-order valence-corrected chi connectivity index (χ2v) is 2.67. The Labute approximate surface area is 80.7 Å². The summed E-state index contributed by atoms with van der Waals surface area (Å²) in [5.74, 6) is 0.0458. The van der Waals surface area contributed by atoms with Crippen LogP contribution < -0.4 is 14.9 Å². The maximum atomic E-state index is 11.4. The molecule has 0 atom stereocenters. The summed E-state index contributed by atoms with van der Waals surface area (Å²) >= 11 is 0. The van der Waals surface area contributed by atoms with Crippen LogP contribution >= 0.6 is 0 Å². The lowest BCUT2D eigenvalue weighted by molar-refractivity contribution is 0.101. The van der Waals surface area contributed by atoms with Gasteiger partial charge in [0, 0.05) is 6.07 Å². The Bertz CT molecular complexity index is 408. The largest absolute Gasteiger partial charge is 0.482 e. The van der Waals surface area contributed by atoms with Crippen LogP contribution in [0.1, 0.15) is 17.3 Å². The molecule has 0 aliphatic carbocycles. The minimum atomic E-state index is -0.412. The van der Waals surface area contributed by atoms with Gasteiger partial charge < -0.3 is 9.47 Å². The van der Waals surface area contributed by atoms with Gasteiger partial charge in [0.1, 0.15) is 5.56 Å². The Morgan fingerprint density at radius 2 is 2.00 bits per heavy atom. The average Bonchev–Trinajstić information content (AvgIpc) is 2.15. The summed E-state index contributed by atoms with van der Waals surface area (Å²) in [5, 5.41) is 0. The van der Waals surface area contributed by atoms with E-state index in [1.54, 1.807) is 0 Å². The van der Waals surface area contributed by atoms with Crippen molar-refractivity contribution in [3.8, 4) is 11.8 Å². The van der Waals surface area contributed by atoms with Gasteiger partial charge in [-0.1, -0.05) is 0 Å². The van der Waals surface area contributed by atoms with Gasteiger partial charge in [-0.2, -0.15) is 0 Å². The number of hydrogen-bond acceptors (Lipinski definition) is 4. The fourth-order valence-electron chi connectivity index (χ4n) is 1.11. The molecule has 0 unspecified atom stereocenters. The Morgan fingerprint density at radius 3 is 2.43 bits per heavy atom. The zero-order chi connectivity index (χ0) is 10.7. The van der Waals surface area contributed by atoms with Crippen LogP contribution in [-0.2, 0) is 0 Å². The molecule has 0 fully saturated rings. The van der Waals surface area contributed by atoms with Crippen molar-refractivity contribution in [2.75, 3.05) is 14.2 Å². The van der Waals surface area contributed by atoms with Crippen molar-refractivity contribution < 1.29 is 14.3 Å². The molecule has 76 valence electrons. The van der Waals surface area contributed by atoms with E-state index in [0.29, 0.717) is 0 Å². The predicted octanol–water partition coefficient (Wildman–Crippen LogP) is 0.595. The number of methoxy groups -OCH3 is 2. The third-order valence-corrected chi connectivity index (χ3v) is 1.75. The average molecular weight is 197 g/mol. The number of carbonyl (C=O) groups excluding carboxylic acids is 1. The fourth-order valence-corrected chi connectivity index (χ4v) is 1.11. The molecule has 0 aliphatic heterocycles. The lowest BCUT2D eigenvalue weighted by Gasteiger charge is -2.06. The van der Waals surface area contributed by atoms with Gasteiger partial charge in [-0.3, -0.25) is 14.6 Å². The first-order valence-electron chi connectivity index (χ1n) is 3.96. The van der Waals surface area contributed by atoms with Gasteiger partial charge in [0.2, 0.25) is 5.88 Å². The number of pyridine rings is 1. The number of H-pyrrole nitrogens is 1. The van der Waals surface area contributed by atoms with Crippen LogP contribution in [0.15, 0.2) is 10.9 Å². The van der Waals surface area contributed by atoms with E-state index in [1.807, 2.05) is 0 Å². The highest BCUT2D eigenvalue weighted by molar-refractivity contribution is 5.96. The zero-order valence-electron chi connectivity index (χ0n) is 8.21. The van der Waals surface area contributed by atoms with Gasteiger partial charge in [-0.15, -0.1) is 0 Å². The molecule has 0 spiro atoms. The van der Waals surface area contributed by atoms with Crippen LogP contribution in [0.25, 0.3) is 0 Å². The number of aromatic amines is 1. The summed E-state index contributed by atoms with van der Waals surface area (Å²) in [5.41, 5.74) is -0.404. The van der Waals surface area contributed by atoms with E-state index in [1.165, 1.54) is 27.2 Å². The van der Waals surface area contributed by atoms with E-state index in [4.69, 9.17) is 9.47 Å². The molecule has 5 heteroatoms. The van der Waals surface area contributed by atoms with Crippen LogP contribution in [-0.4, -0.2) is 25.0 Å². The molecule has 0 saturated carbocycles. The highest BCUT2D eigenvalue weighted by Gasteiger charge is 2.14. The molecule has 0 radical (unpaired) electrons. The Morgan fingerprint density at radius 1 is 1.36 bits per heavy atom. The summed E-state index contributed by atoms with van der Waals surface area (Å²) in [6.07, 6.45) is 0. The van der Waals surface area contributed by atoms with E-state index >= 15 is 0 Å². The maximum absolute atomic E-state index is 11.4. The zero-order valence-corrected chi connectivity index (χ0v) is 8.21. The topological polar surface area (TPSA) is 68.4 Å². The number of Topliss-reactive ketones (excluding diaryl/α,β-unsaturated/α-hetero) is 1. The molecule has 1 aromatic heterocycles. The Hall–Kier alpha value is -1.78. The molecule has 14 heavy (non-hydrogen) atoms. The van der Waals surface area contributed by atoms with Gasteiger partial charge >= 0.3 is 0 Å². The lowest BCUT2D eigenvalue weighted by Crippen LogP contribution is -2.15. The molecule has 1 heterocycles. The van der Waals surface area contributed by atoms with Crippen molar-refractivity contribution in [3.63, 3.8) is 0 Å². The molecule has 0 bridgehead atoms. The van der Waals surface area contributed by atoms with Gasteiger partial charge in [0.05, 0.1) is 14.2 Å². The first-order chi connectivity index (χ1) is 6.60. The van der Waals surface area contributed by atoms with Gasteiger partial charge in [0.25, 0.3) is 0 Å². The van der Waals surface area contributed by atoms with Gasteiger partial charge in [-0.05, 0) is 6.92 Å². The van der Waals surface area contributed by atoms with Crippen molar-refractivity contribution in [3.05, 3.63) is 21.9 Å². The molecule has 5 nitrogen and oxygen atoms in total. The summed E-state index contributed by atoms with van der Waals surface area (Å²) in [6, 6.07) is 1.21. The molecular weight excluding hydrogens is 186 g/mol. The molecule has 1 rings (SSSR count). The van der Waals surface area contributed by atoms with E-state index in [0.717, 1.165) is 0 Å². The van der Waals surface area contributed by atoms with E-state index in [-0.39, 0.29) is 23.1 Å². The highest BCUT2D eigenvalue weighted by atomic mass is 16.5. The number of ether oxygens (including phenoxy) is 2. The molecule has 0 amide bonds. The summed E-state index contributed by atoms with van der Waals surface area (Å²) < 4.78 is 9.70. The second kappa shape index (κ2) is 3.95. The third kappa shape index (κ3) is 1.76. The van der Waals surface area contributed by atoms with Crippen LogP contribution in [0.4, 0.5) is 0 Å². The summed E-state index contributed by atoms with van der Waals surface area (Å²) in [6.45, 7) is 1.31. The second-order valence-electron chi connectivity index (χ2n) is 2.67. The molecule has 1 aromatic rings. The van der Waals surface area contributed by atoms with E-state index in [2.05, 4.69) is 4.98 Å². The highest BCUT2D eigenvalue weighted by Crippen LogP contribution is 2.15. The van der Waals surface area contributed by atoms with E-state index in [9.17, 15) is 9.59 Å². The standard InChI is InChI=1S/C9H11NO4/c1-5(11)8-6(12)4-7(13-2)10-9(8)14-3/h4H,1-3H3,(H,10,12). The number of nitrogens with one attached hydrogen (secondary N) is 1. The van der Waals surface area contributed by atoms with Crippen molar-refractivity contribution in [2.24, 2.45) is 0 Å². The summed E-state index contributed by atoms with van der Waals surface area (Å²) in [7, 11) is 2.79. The predicted molar refractivity (Wildman–Crippen MR) is 50.2 cm³/mol. The smallest absolute Gasteiger partial charge is 0.208 e. The lowest BCUT2D eigenvalue weighted by atomic mass is 10.2. The van der Waals surface area contributed by atoms with Gasteiger partial charge in [0.15, 0.2) is 17.1 Å². The molecule has 0 aromatic carbocycles. The van der Waals surface area contributed by atoms with Crippen molar-refractivity contribution >= 4 is 5.78 Å². The molecular formula is C9H11NO4. The molecule has 0 saturated heterocycles. The van der Waals surface area contributed by atoms with Crippen molar-refractivity contribution in [1.29, 1.82) is 0 Å². The number of hydrogen-bond donors (Lipinski definition) is 1. The van der Waals surface area contributed by atoms with Gasteiger partial charge in [-0.25, -0.2) is 0 Å². The van der Waals surface area contributed by atoms with Crippen LogP contribution in [0.5, 0.6) is 11.8 Å². The third-order valence-electron chi connectivity index (χ3n) is 1.75. The van der Waals surface area contributed by atoms with Crippen LogP contribution in [0.2, 0.25) is 0 Å². The number of aromatic nitrogens is 1. The number of carbonyl (C=O) groups is 1. The minimum absolute atomic E-state index is 0.00769. The SMILES string of the molecule is COc1cc(=O)c(C(C)=O)c(OC)[nH]1. The van der Waals surface area contributed by atoms with Crippen molar-refractivity contribution in [2.45, 2.75) is 6.92 Å². The number of rotatable bonds is 3. The summed E-state index contributed by atoms with van der Waals surface area (Å²) in [4.78, 5) is 25.2. The monoisotopic (exact) mass is 197 g/mol. The maximum Gasteiger partial charge on any atom is 0.208 e. The Balaban J connectivity index is 3.43. The van der Waals surface area contributed by atoms with Crippen molar-refractivity contribution in [1.82, 2.24) is 4.98 Å². The van der Waals surface area contributed by atoms with E-state index < -0.39 is 5.43 Å². The fraction of sp³-hybridized carbons (Fsp3) is 0.333. The van der Waals surface area contributed by atoms with Crippen LogP contribution in [0.3, 0.4) is 0 Å². The first-order valence-corrected chi connectivity index (χ1v) is 3.96. The van der Waals surface area contributed by atoms with Crippen LogP contribution in [0, 0.1) is 0 Å². The quantitative estimate of drug-likeness (QED) is 0.720. The normalized spacial score (nSPS) is 9.64.